The van der Waals surface area contributed by atoms with Crippen molar-refractivity contribution < 1.29 is 36.2 Å². The lowest BCUT2D eigenvalue weighted by Crippen LogP contribution is -1.91. The van der Waals surface area contributed by atoms with Gasteiger partial charge >= 0.3 is 0 Å². The first kappa shape index (κ1) is 8.39. The van der Waals surface area contributed by atoms with Crippen LogP contribution >= 0.6 is 0 Å². The van der Waals surface area contributed by atoms with Crippen LogP contribution in [0, 0.1) is 0 Å². The van der Waals surface area contributed by atoms with Crippen molar-refractivity contribution in [1.82, 2.24) is 0 Å². The fourth-order valence-corrected chi connectivity index (χ4v) is 4.58. The zero-order valence-corrected chi connectivity index (χ0v) is 17.8. The van der Waals surface area contributed by atoms with Crippen LogP contribution in [0.15, 0.2) is 130 Å². The normalized spacial score (nSPS) is 19.7. The van der Waals surface area contributed by atoms with Crippen LogP contribution in [0.25, 0.3) is 76.7 Å². The molecule has 8 aromatic rings. The summed E-state index contributed by atoms with van der Waals surface area (Å²) in [4.78, 5) is 0. The number of benzene rings is 6. The van der Waals surface area contributed by atoms with Gasteiger partial charge in [0, 0.05) is 27.3 Å². The Morgan fingerprint density at radius 3 is 1.75 bits per heavy atom. The molecule has 0 amide bonds. The van der Waals surface area contributed by atoms with E-state index in [9.17, 15) is 4.11 Å². The summed E-state index contributed by atoms with van der Waals surface area (Å²) in [7, 11) is 0. The van der Waals surface area contributed by atoms with Gasteiger partial charge < -0.3 is 8.83 Å². The van der Waals surface area contributed by atoms with E-state index in [2.05, 4.69) is 0 Å². The second-order valence-corrected chi connectivity index (χ2v) is 7.79. The molecule has 6 aromatic carbocycles. The summed E-state index contributed by atoms with van der Waals surface area (Å²) >= 11 is 0. The van der Waals surface area contributed by atoms with Gasteiger partial charge in [0.2, 0.25) is 0 Å². The third-order valence-electron chi connectivity index (χ3n) is 5.98. The molecule has 2 nitrogen and oxygen atoms in total. The van der Waals surface area contributed by atoms with Crippen molar-refractivity contribution in [3.63, 3.8) is 0 Å². The average Bonchev–Trinajstić information content (AvgIpc) is 3.71. The summed E-state index contributed by atoms with van der Waals surface area (Å²) in [6.45, 7) is 0. The molecule has 0 atom stereocenters. The van der Waals surface area contributed by atoms with E-state index < -0.39 is 182 Å². The van der Waals surface area contributed by atoms with Crippen LogP contribution in [0.3, 0.4) is 0 Å². The van der Waals surface area contributed by atoms with E-state index in [1.807, 2.05) is 0 Å². The Labute approximate surface area is 235 Å². The first-order valence-electron chi connectivity index (χ1n) is 20.6. The predicted molar refractivity (Wildman–Crippen MR) is 149 cm³/mol. The van der Waals surface area contributed by atoms with Gasteiger partial charge in [-0.3, -0.25) is 0 Å². The average molecular weight is 481 g/mol. The highest BCUT2D eigenvalue weighted by atomic mass is 16.3. The summed E-state index contributed by atoms with van der Waals surface area (Å²) in [5.41, 5.74) is -3.73. The number of rotatable bonds is 2. The molecule has 0 aliphatic heterocycles. The van der Waals surface area contributed by atoms with Crippen LogP contribution < -0.4 is 0 Å². The number of hydrogen-bond donors (Lipinski definition) is 0. The van der Waals surface area contributed by atoms with Gasteiger partial charge in [-0.05, 0) is 50.8 Å². The van der Waals surface area contributed by atoms with E-state index >= 15 is 0 Å². The molecular formula is C34H20O2. The van der Waals surface area contributed by atoms with Gasteiger partial charge in [0.1, 0.15) is 18.1 Å². The summed E-state index contributed by atoms with van der Waals surface area (Å²) < 4.78 is 187. The van der Waals surface area contributed by atoms with Gasteiger partial charge in [0.15, 0.2) is 0 Å². The van der Waals surface area contributed by atoms with Crippen molar-refractivity contribution in [2.24, 2.45) is 0 Å². The quantitative estimate of drug-likeness (QED) is 0.230. The Morgan fingerprint density at radius 1 is 0.500 bits per heavy atom. The maximum atomic E-state index is 9.49. The van der Waals surface area contributed by atoms with E-state index in [1.54, 1.807) is 0 Å². The fourth-order valence-electron chi connectivity index (χ4n) is 4.58. The third-order valence-corrected chi connectivity index (χ3v) is 5.98. The molecular weight excluding hydrogens is 440 g/mol. The standard InChI is InChI=1S/C34H20O2/c1-2-10-21(11-3-1)31-22-12-4-6-14-24(22)32(25-15-7-5-13-23(25)31)28-20-30-27(18-19-35-30)33-26-16-8-9-17-29(26)36-34(28)33/h1-20H/i1D,2D,3D,4D,5D,6D,7D,8D,9D,10D,11D,12D,13D,14D,15D,16D,17D,18D,19D,20D. The molecule has 0 unspecified atom stereocenters. The summed E-state index contributed by atoms with van der Waals surface area (Å²) in [6, 6.07) is -15.2. The number of para-hydroxylation sites is 1. The van der Waals surface area contributed by atoms with Crippen molar-refractivity contribution in [3.8, 4) is 22.3 Å². The minimum Gasteiger partial charge on any atom is -0.464 e. The Hall–Kier alpha value is -4.82. The van der Waals surface area contributed by atoms with Crippen molar-refractivity contribution >= 4 is 54.5 Å². The Kier molecular flexibility index (Phi) is 1.71. The lowest BCUT2D eigenvalue weighted by molar-refractivity contribution is 0.615. The zero-order valence-electron chi connectivity index (χ0n) is 37.8. The zero-order chi connectivity index (χ0) is 41.0. The third kappa shape index (κ3) is 2.61. The van der Waals surface area contributed by atoms with Crippen LogP contribution in [-0.4, -0.2) is 0 Å². The topological polar surface area (TPSA) is 26.3 Å². The molecule has 0 aliphatic carbocycles. The molecule has 0 bridgehead atoms. The first-order valence-corrected chi connectivity index (χ1v) is 10.6. The van der Waals surface area contributed by atoms with Crippen LogP contribution in [0.5, 0.6) is 0 Å². The lowest BCUT2D eigenvalue weighted by atomic mass is 9.85. The van der Waals surface area contributed by atoms with E-state index in [0.29, 0.717) is 0 Å². The first-order chi connectivity index (χ1) is 26.2. The van der Waals surface area contributed by atoms with Crippen LogP contribution in [0.1, 0.15) is 27.4 Å². The summed E-state index contributed by atoms with van der Waals surface area (Å²) in [5, 5.41) is -3.12. The van der Waals surface area contributed by atoms with Crippen LogP contribution in [0.4, 0.5) is 0 Å². The van der Waals surface area contributed by atoms with Crippen LogP contribution in [0.2, 0.25) is 0 Å². The van der Waals surface area contributed by atoms with Gasteiger partial charge in [-0.15, -0.1) is 0 Å². The van der Waals surface area contributed by atoms with Gasteiger partial charge in [-0.2, -0.15) is 0 Å². The molecule has 2 heterocycles. The Bertz CT molecular complexity index is 3090. The van der Waals surface area contributed by atoms with Gasteiger partial charge in [-0.1, -0.05) is 96.7 Å². The molecule has 168 valence electrons. The fraction of sp³-hybridized carbons (Fsp3) is 0. The second kappa shape index (κ2) is 7.34. The van der Waals surface area contributed by atoms with Crippen molar-refractivity contribution in [3.05, 3.63) is 121 Å². The Morgan fingerprint density at radius 2 is 1.06 bits per heavy atom. The number of hydrogen-bond acceptors (Lipinski definition) is 2. The van der Waals surface area contributed by atoms with Gasteiger partial charge in [0.05, 0.1) is 32.3 Å². The molecule has 2 aromatic heterocycles. The second-order valence-electron chi connectivity index (χ2n) is 7.79. The monoisotopic (exact) mass is 480 g/mol. The largest absolute Gasteiger partial charge is 0.464 e. The molecule has 2 heteroatoms. The molecule has 0 saturated heterocycles. The maximum absolute atomic E-state index is 9.49. The number of furan rings is 2. The molecule has 0 spiro atoms. The summed E-state index contributed by atoms with van der Waals surface area (Å²) in [6.07, 6.45) is -0.766. The van der Waals surface area contributed by atoms with Crippen molar-refractivity contribution in [2.45, 2.75) is 0 Å². The lowest BCUT2D eigenvalue weighted by Gasteiger charge is -2.18. The van der Waals surface area contributed by atoms with E-state index in [0.717, 1.165) is 0 Å². The SMILES string of the molecule is [2H]c1oc2c([2H])c(-c3c4c([2H])c([2H])c([2H])c([2H])c4c(-c4c([2H])c([2H])c([2H])c([2H])c4[2H])c4c([2H])c([2H])c([2H])c([2H])c34)c3oc4c([2H])c([2H])c([2H])c([2H])c4c3c2c1[2H]. The highest BCUT2D eigenvalue weighted by molar-refractivity contribution is 6.27. The molecule has 8 rings (SSSR count). The summed E-state index contributed by atoms with van der Waals surface area (Å²) in [5.74, 6) is 0. The van der Waals surface area contributed by atoms with E-state index in [4.69, 9.17) is 32.1 Å². The van der Waals surface area contributed by atoms with Gasteiger partial charge in [0.25, 0.3) is 0 Å². The molecule has 0 N–H and O–H groups in total. The van der Waals surface area contributed by atoms with Crippen molar-refractivity contribution in [2.75, 3.05) is 0 Å². The van der Waals surface area contributed by atoms with Crippen molar-refractivity contribution in [1.29, 1.82) is 0 Å². The molecule has 0 aliphatic rings. The minimum absolute atomic E-state index is 0.266. The Balaban J connectivity index is 1.82. The highest BCUT2D eigenvalue weighted by Gasteiger charge is 2.22. The highest BCUT2D eigenvalue weighted by Crippen LogP contribution is 2.48. The van der Waals surface area contributed by atoms with Crippen LogP contribution in [-0.2, 0) is 0 Å². The predicted octanol–water partition coefficient (Wildman–Crippen LogP) is 9.97. The number of fused-ring (bicyclic) bond motifs is 7. The molecule has 36 heavy (non-hydrogen) atoms. The molecule has 0 radical (unpaired) electrons. The smallest absolute Gasteiger partial charge is 0.144 e. The molecule has 0 saturated carbocycles. The maximum Gasteiger partial charge on any atom is 0.144 e. The van der Waals surface area contributed by atoms with E-state index in [-0.39, 0.29) is 16.2 Å². The van der Waals surface area contributed by atoms with Gasteiger partial charge in [-0.25, -0.2) is 0 Å². The molecule has 0 fully saturated rings. The minimum atomic E-state index is -0.871. The van der Waals surface area contributed by atoms with E-state index in [1.165, 1.54) is 0 Å².